The summed E-state index contributed by atoms with van der Waals surface area (Å²) >= 11 is 0. The van der Waals surface area contributed by atoms with Crippen molar-refractivity contribution in [3.8, 4) is 0 Å². The lowest BCUT2D eigenvalue weighted by Crippen LogP contribution is -2.55. The minimum Gasteiger partial charge on any atom is -0.478 e. The van der Waals surface area contributed by atoms with Crippen LogP contribution in [0.5, 0.6) is 0 Å². The number of carbonyl (C=O) groups excluding carboxylic acids is 3. The Morgan fingerprint density at radius 3 is 2.27 bits per heavy atom. The van der Waals surface area contributed by atoms with E-state index >= 15 is 0 Å². The number of cyclic esters (lactones) is 2. The molecule has 4 N–H and O–H groups in total. The fourth-order valence-electron chi connectivity index (χ4n) is 7.45. The highest BCUT2D eigenvalue weighted by atomic mass is 16.6. The molecule has 3 fully saturated rings. The molecule has 0 aromatic heterocycles. The molecule has 11 nitrogen and oxygen atoms in total. The van der Waals surface area contributed by atoms with Gasteiger partial charge < -0.3 is 34.6 Å². The highest BCUT2D eigenvalue weighted by Crippen LogP contribution is 2.50. The summed E-state index contributed by atoms with van der Waals surface area (Å²) in [6.45, 7) is 6.09. The molecule has 41 heavy (non-hydrogen) atoms. The SMILES string of the molecule is CC(C)C1CC[C@@](O)(COC(=O)/C(=C/[C@@H]2[C@@H](C(C)C)CCC3(O)COC(=O)[C@@H]23)CO)[C@H]2C(=O)OCC(C(=O)O)=C[C@H]12. The van der Waals surface area contributed by atoms with E-state index in [1.165, 1.54) is 12.2 Å². The van der Waals surface area contributed by atoms with Crippen LogP contribution in [-0.4, -0.2) is 81.9 Å². The third-order valence-corrected chi connectivity index (χ3v) is 9.74. The normalized spacial score (nSPS) is 37.5. The van der Waals surface area contributed by atoms with Gasteiger partial charge in [0, 0.05) is 0 Å². The van der Waals surface area contributed by atoms with Gasteiger partial charge in [0.05, 0.1) is 29.6 Å². The van der Waals surface area contributed by atoms with E-state index in [4.69, 9.17) is 14.2 Å². The molecule has 0 spiro atoms. The van der Waals surface area contributed by atoms with E-state index in [-0.39, 0.29) is 47.8 Å². The van der Waals surface area contributed by atoms with Crippen molar-refractivity contribution in [2.24, 2.45) is 47.3 Å². The van der Waals surface area contributed by atoms with Gasteiger partial charge in [-0.05, 0) is 61.2 Å². The molecule has 2 saturated carbocycles. The number of hydrogen-bond acceptors (Lipinski definition) is 10. The monoisotopic (exact) mass is 578 g/mol. The first kappa shape index (κ1) is 31.2. The van der Waals surface area contributed by atoms with E-state index in [1.807, 2.05) is 27.7 Å². The number of ether oxygens (including phenoxy) is 3. The quantitative estimate of drug-likeness (QED) is 0.187. The highest BCUT2D eigenvalue weighted by molar-refractivity contribution is 5.90. The molecular formula is C30H42O11. The molecule has 8 atom stereocenters. The minimum absolute atomic E-state index is 0.0625. The minimum atomic E-state index is -1.82. The first-order valence-corrected chi connectivity index (χ1v) is 14.4. The Kier molecular flexibility index (Phi) is 9.01. The maximum absolute atomic E-state index is 13.2. The number of carboxylic acid groups (broad SMARTS) is 1. The van der Waals surface area contributed by atoms with Crippen molar-refractivity contribution in [1.82, 2.24) is 0 Å². The Labute approximate surface area is 239 Å². The van der Waals surface area contributed by atoms with E-state index in [2.05, 4.69) is 0 Å². The van der Waals surface area contributed by atoms with Crippen LogP contribution in [0.4, 0.5) is 0 Å². The molecule has 4 aliphatic rings. The van der Waals surface area contributed by atoms with Crippen molar-refractivity contribution in [2.75, 3.05) is 26.4 Å². The van der Waals surface area contributed by atoms with E-state index in [9.17, 15) is 39.6 Å². The van der Waals surface area contributed by atoms with Gasteiger partial charge in [-0.2, -0.15) is 0 Å². The van der Waals surface area contributed by atoms with Gasteiger partial charge in [0.15, 0.2) is 0 Å². The Hall–Kier alpha value is -2.76. The van der Waals surface area contributed by atoms with Crippen LogP contribution >= 0.6 is 0 Å². The molecule has 0 radical (unpaired) electrons. The number of carboxylic acids is 1. The standard InChI is InChI=1S/C30H42O11/c1-15(2)19-5-8-30(38)14-41-28(36)24(30)21(19)9-17(11-31)26(34)40-13-29(37)7-6-20(16(3)4)22-10-18(25(32)33)12-39-27(35)23(22)29/h9-10,15-16,19-24,31,37-38H,5-8,11-14H2,1-4H3,(H,32,33)/b17-9+/t19-,20?,21-,22-,23-,24-,29-,30?/m1/s1. The van der Waals surface area contributed by atoms with E-state index < -0.39 is 78.6 Å². The average molecular weight is 579 g/mol. The maximum Gasteiger partial charge on any atom is 0.336 e. The zero-order valence-corrected chi connectivity index (χ0v) is 24.1. The molecule has 0 aromatic carbocycles. The van der Waals surface area contributed by atoms with E-state index in [1.54, 1.807) is 0 Å². The molecule has 0 bridgehead atoms. The van der Waals surface area contributed by atoms with Gasteiger partial charge in [-0.1, -0.05) is 39.8 Å². The number of aliphatic hydroxyl groups is 3. The molecule has 228 valence electrons. The lowest BCUT2D eigenvalue weighted by Gasteiger charge is -2.46. The third-order valence-electron chi connectivity index (χ3n) is 9.74. The van der Waals surface area contributed by atoms with Crippen molar-refractivity contribution in [3.63, 3.8) is 0 Å². The number of hydrogen-bond donors (Lipinski definition) is 4. The molecule has 0 aromatic rings. The molecule has 2 aliphatic carbocycles. The molecule has 4 rings (SSSR count). The van der Waals surface area contributed by atoms with Crippen LogP contribution in [0.15, 0.2) is 23.3 Å². The summed E-state index contributed by atoms with van der Waals surface area (Å²) < 4.78 is 15.9. The van der Waals surface area contributed by atoms with Crippen LogP contribution < -0.4 is 0 Å². The molecule has 2 unspecified atom stereocenters. The van der Waals surface area contributed by atoms with Crippen LogP contribution in [0, 0.1) is 47.3 Å². The predicted molar refractivity (Wildman–Crippen MR) is 143 cm³/mol. The summed E-state index contributed by atoms with van der Waals surface area (Å²) in [7, 11) is 0. The largest absolute Gasteiger partial charge is 0.478 e. The van der Waals surface area contributed by atoms with Gasteiger partial charge in [-0.25, -0.2) is 9.59 Å². The topological polar surface area (TPSA) is 177 Å². The summed E-state index contributed by atoms with van der Waals surface area (Å²) in [5.74, 6) is -6.66. The second-order valence-electron chi connectivity index (χ2n) is 12.8. The predicted octanol–water partition coefficient (Wildman–Crippen LogP) is 1.63. The van der Waals surface area contributed by atoms with Crippen molar-refractivity contribution < 1.29 is 53.8 Å². The second-order valence-corrected chi connectivity index (χ2v) is 12.8. The lowest BCUT2D eigenvalue weighted by molar-refractivity contribution is -0.181. The van der Waals surface area contributed by atoms with Gasteiger partial charge in [-0.3, -0.25) is 9.59 Å². The van der Waals surface area contributed by atoms with Gasteiger partial charge >= 0.3 is 23.9 Å². The smallest absolute Gasteiger partial charge is 0.336 e. The van der Waals surface area contributed by atoms with Crippen LogP contribution in [0.25, 0.3) is 0 Å². The van der Waals surface area contributed by atoms with Gasteiger partial charge in [-0.15, -0.1) is 0 Å². The number of carbonyl (C=O) groups is 4. The first-order valence-electron chi connectivity index (χ1n) is 14.4. The fourth-order valence-corrected chi connectivity index (χ4v) is 7.45. The Bertz CT molecular complexity index is 1120. The van der Waals surface area contributed by atoms with Crippen LogP contribution in [0.1, 0.15) is 53.4 Å². The number of fused-ring (bicyclic) bond motifs is 2. The van der Waals surface area contributed by atoms with Crippen molar-refractivity contribution >= 4 is 23.9 Å². The number of allylic oxidation sites excluding steroid dienone is 2. The Balaban J connectivity index is 1.59. The van der Waals surface area contributed by atoms with Crippen LogP contribution in [0.3, 0.4) is 0 Å². The van der Waals surface area contributed by atoms with Crippen molar-refractivity contribution in [2.45, 2.75) is 64.6 Å². The van der Waals surface area contributed by atoms with Gasteiger partial charge in [0.2, 0.25) is 0 Å². The summed E-state index contributed by atoms with van der Waals surface area (Å²) in [5.41, 5.74) is -3.37. The molecule has 1 saturated heterocycles. The average Bonchev–Trinajstić information content (AvgIpc) is 3.09. The summed E-state index contributed by atoms with van der Waals surface area (Å²) in [4.78, 5) is 50.7. The van der Waals surface area contributed by atoms with Gasteiger partial charge in [0.25, 0.3) is 0 Å². The van der Waals surface area contributed by atoms with Gasteiger partial charge in [0.1, 0.15) is 31.0 Å². The Morgan fingerprint density at radius 1 is 1.02 bits per heavy atom. The Morgan fingerprint density at radius 2 is 1.66 bits per heavy atom. The van der Waals surface area contributed by atoms with E-state index in [0.717, 1.165) is 0 Å². The zero-order chi connectivity index (χ0) is 30.3. The van der Waals surface area contributed by atoms with Crippen molar-refractivity contribution in [3.05, 3.63) is 23.3 Å². The van der Waals surface area contributed by atoms with Crippen molar-refractivity contribution in [1.29, 1.82) is 0 Å². The summed E-state index contributed by atoms with van der Waals surface area (Å²) in [6.07, 6.45) is 4.55. The number of aliphatic hydroxyl groups excluding tert-OH is 1. The summed E-state index contributed by atoms with van der Waals surface area (Å²) in [5, 5.41) is 42.5. The molecule has 2 aliphatic heterocycles. The highest BCUT2D eigenvalue weighted by Gasteiger charge is 2.58. The number of esters is 3. The molecule has 11 heteroatoms. The molecule has 0 amide bonds. The number of aliphatic carboxylic acids is 1. The molecule has 2 heterocycles. The van der Waals surface area contributed by atoms with Crippen LogP contribution in [-0.2, 0) is 33.4 Å². The lowest BCUT2D eigenvalue weighted by atomic mass is 9.61. The van der Waals surface area contributed by atoms with Crippen LogP contribution in [0.2, 0.25) is 0 Å². The maximum atomic E-state index is 13.2. The fraction of sp³-hybridized carbons (Fsp3) is 0.733. The molecular weight excluding hydrogens is 536 g/mol. The zero-order valence-electron chi connectivity index (χ0n) is 24.1. The third kappa shape index (κ3) is 5.94. The van der Waals surface area contributed by atoms with E-state index in [0.29, 0.717) is 19.3 Å². The number of rotatable bonds is 8. The first-order chi connectivity index (χ1) is 19.2. The summed E-state index contributed by atoms with van der Waals surface area (Å²) in [6, 6.07) is 0. The second kappa shape index (κ2) is 11.9.